The molecule has 2 nitrogen and oxygen atoms in total. The lowest BCUT2D eigenvalue weighted by atomic mass is 10.1. The molecule has 0 aliphatic heterocycles. The standard InChI is InChI=1S/C11H9Br3N2/c12-7-1-2-8(9(13)5-7)10(14)6-11-15-3-4-16-11/h1-5,10H,6H2,(H,15,16). The molecule has 0 amide bonds. The van der Waals surface area contributed by atoms with Crippen LogP contribution in [0.2, 0.25) is 0 Å². The molecule has 5 heteroatoms. The average Bonchev–Trinajstić information content (AvgIpc) is 2.70. The van der Waals surface area contributed by atoms with Gasteiger partial charge in [0.2, 0.25) is 0 Å². The van der Waals surface area contributed by atoms with Crippen LogP contribution in [0.1, 0.15) is 16.2 Å². The number of H-pyrrole nitrogens is 1. The number of nitrogens with zero attached hydrogens (tertiary/aromatic N) is 1. The van der Waals surface area contributed by atoms with Gasteiger partial charge in [0, 0.05) is 32.6 Å². The van der Waals surface area contributed by atoms with Crippen LogP contribution in [0, 0.1) is 0 Å². The summed E-state index contributed by atoms with van der Waals surface area (Å²) in [4.78, 5) is 7.57. The van der Waals surface area contributed by atoms with E-state index in [1.807, 2.05) is 18.3 Å². The van der Waals surface area contributed by atoms with E-state index in [2.05, 4.69) is 63.8 Å². The van der Waals surface area contributed by atoms with Crippen LogP contribution >= 0.6 is 47.8 Å². The third-order valence-electron chi connectivity index (χ3n) is 2.23. The predicted octanol–water partition coefficient (Wildman–Crippen LogP) is 4.61. The SMILES string of the molecule is Brc1ccc(C(Br)Cc2ncc[nH]2)c(Br)c1. The molecule has 0 fully saturated rings. The Morgan fingerprint density at radius 1 is 1.31 bits per heavy atom. The Kier molecular flexibility index (Phi) is 4.21. The molecular formula is C11H9Br3N2. The molecule has 0 radical (unpaired) electrons. The highest BCUT2D eigenvalue weighted by atomic mass is 79.9. The molecule has 0 saturated heterocycles. The molecule has 0 aliphatic carbocycles. The Morgan fingerprint density at radius 3 is 2.75 bits per heavy atom. The number of alkyl halides is 1. The van der Waals surface area contributed by atoms with Crippen molar-refractivity contribution in [2.45, 2.75) is 11.2 Å². The molecule has 1 heterocycles. The number of hydrogen-bond acceptors (Lipinski definition) is 1. The fourth-order valence-corrected chi connectivity index (χ4v) is 3.78. The molecule has 0 bridgehead atoms. The summed E-state index contributed by atoms with van der Waals surface area (Å²) in [6.45, 7) is 0. The van der Waals surface area contributed by atoms with Gasteiger partial charge in [-0.3, -0.25) is 0 Å². The van der Waals surface area contributed by atoms with Crippen molar-refractivity contribution >= 4 is 47.8 Å². The van der Waals surface area contributed by atoms with Gasteiger partial charge in [0.05, 0.1) is 0 Å². The highest BCUT2D eigenvalue weighted by Gasteiger charge is 2.13. The van der Waals surface area contributed by atoms with Gasteiger partial charge in [-0.05, 0) is 17.7 Å². The Labute approximate surface area is 119 Å². The summed E-state index contributed by atoms with van der Waals surface area (Å²) in [5.41, 5.74) is 1.22. The van der Waals surface area contributed by atoms with Crippen LogP contribution in [0.15, 0.2) is 39.5 Å². The fourth-order valence-electron chi connectivity index (χ4n) is 1.44. The molecular weight excluding hydrogens is 400 g/mol. The van der Waals surface area contributed by atoms with Crippen LogP contribution in [-0.2, 0) is 6.42 Å². The molecule has 84 valence electrons. The molecule has 2 rings (SSSR count). The van der Waals surface area contributed by atoms with Crippen molar-refractivity contribution in [2.75, 3.05) is 0 Å². The number of aromatic amines is 1. The number of halogens is 3. The highest BCUT2D eigenvalue weighted by Crippen LogP contribution is 2.33. The highest BCUT2D eigenvalue weighted by molar-refractivity contribution is 9.11. The first-order chi connectivity index (χ1) is 7.66. The Balaban J connectivity index is 2.17. The van der Waals surface area contributed by atoms with Crippen molar-refractivity contribution in [3.63, 3.8) is 0 Å². The van der Waals surface area contributed by atoms with Gasteiger partial charge < -0.3 is 4.98 Å². The summed E-state index contributed by atoms with van der Waals surface area (Å²) >= 11 is 10.7. The molecule has 0 aliphatic rings. The predicted molar refractivity (Wildman–Crippen MR) is 75.8 cm³/mol. The van der Waals surface area contributed by atoms with Crippen molar-refractivity contribution in [1.82, 2.24) is 9.97 Å². The summed E-state index contributed by atoms with van der Waals surface area (Å²) in [7, 11) is 0. The van der Waals surface area contributed by atoms with Gasteiger partial charge in [0.1, 0.15) is 5.82 Å². The number of imidazole rings is 1. The largest absolute Gasteiger partial charge is 0.349 e. The Bertz CT molecular complexity index is 468. The zero-order chi connectivity index (χ0) is 11.5. The lowest BCUT2D eigenvalue weighted by Crippen LogP contribution is -1.98. The third kappa shape index (κ3) is 2.96. The number of rotatable bonds is 3. The minimum absolute atomic E-state index is 0.251. The molecule has 1 N–H and O–H groups in total. The van der Waals surface area contributed by atoms with Gasteiger partial charge in [-0.25, -0.2) is 4.98 Å². The maximum absolute atomic E-state index is 4.22. The lowest BCUT2D eigenvalue weighted by Gasteiger charge is -2.11. The molecule has 2 aromatic rings. The second-order valence-corrected chi connectivity index (χ2v) is 6.25. The van der Waals surface area contributed by atoms with Crippen molar-refractivity contribution in [2.24, 2.45) is 0 Å². The van der Waals surface area contributed by atoms with Gasteiger partial charge in [-0.2, -0.15) is 0 Å². The minimum atomic E-state index is 0.251. The van der Waals surface area contributed by atoms with Crippen LogP contribution in [0.25, 0.3) is 0 Å². The first-order valence-corrected chi connectivity index (χ1v) is 7.24. The van der Waals surface area contributed by atoms with E-state index in [1.54, 1.807) is 6.20 Å². The van der Waals surface area contributed by atoms with E-state index in [0.717, 1.165) is 21.2 Å². The van der Waals surface area contributed by atoms with Crippen LogP contribution in [0.5, 0.6) is 0 Å². The number of benzene rings is 1. The molecule has 16 heavy (non-hydrogen) atoms. The molecule has 1 unspecified atom stereocenters. The van der Waals surface area contributed by atoms with E-state index in [-0.39, 0.29) is 4.83 Å². The number of nitrogens with one attached hydrogen (secondary N) is 1. The Hall–Kier alpha value is -0.130. The van der Waals surface area contributed by atoms with Crippen LogP contribution < -0.4 is 0 Å². The lowest BCUT2D eigenvalue weighted by molar-refractivity contribution is 0.873. The molecule has 1 atom stereocenters. The van der Waals surface area contributed by atoms with Crippen LogP contribution in [0.3, 0.4) is 0 Å². The zero-order valence-electron chi connectivity index (χ0n) is 8.25. The van der Waals surface area contributed by atoms with E-state index >= 15 is 0 Å². The van der Waals surface area contributed by atoms with Crippen molar-refractivity contribution < 1.29 is 0 Å². The topological polar surface area (TPSA) is 28.7 Å². The number of hydrogen-bond donors (Lipinski definition) is 1. The summed E-state index contributed by atoms with van der Waals surface area (Å²) in [5, 5.41) is 0. The Morgan fingerprint density at radius 2 is 2.12 bits per heavy atom. The fraction of sp³-hybridized carbons (Fsp3) is 0.182. The zero-order valence-corrected chi connectivity index (χ0v) is 13.0. The van der Waals surface area contributed by atoms with E-state index in [9.17, 15) is 0 Å². The number of aromatic nitrogens is 2. The molecule has 1 aromatic heterocycles. The van der Waals surface area contributed by atoms with Crippen molar-refractivity contribution in [3.05, 3.63) is 50.9 Å². The second kappa shape index (κ2) is 5.47. The quantitative estimate of drug-likeness (QED) is 0.738. The monoisotopic (exact) mass is 406 g/mol. The van der Waals surface area contributed by atoms with Crippen LogP contribution in [-0.4, -0.2) is 9.97 Å². The normalized spacial score (nSPS) is 12.7. The van der Waals surface area contributed by atoms with Gasteiger partial charge >= 0.3 is 0 Å². The van der Waals surface area contributed by atoms with Gasteiger partial charge in [-0.15, -0.1) is 0 Å². The maximum atomic E-state index is 4.22. The van der Waals surface area contributed by atoms with Gasteiger partial charge in [0.25, 0.3) is 0 Å². The summed E-state index contributed by atoms with van der Waals surface area (Å²) in [6.07, 6.45) is 4.45. The summed E-state index contributed by atoms with van der Waals surface area (Å²) in [6, 6.07) is 6.18. The molecule has 0 saturated carbocycles. The third-order valence-corrected chi connectivity index (χ3v) is 4.22. The second-order valence-electron chi connectivity index (χ2n) is 3.37. The van der Waals surface area contributed by atoms with E-state index in [1.165, 1.54) is 5.56 Å². The van der Waals surface area contributed by atoms with Crippen molar-refractivity contribution in [1.29, 1.82) is 0 Å². The smallest absolute Gasteiger partial charge is 0.107 e. The summed E-state index contributed by atoms with van der Waals surface area (Å²) in [5.74, 6) is 0.983. The average molecular weight is 409 g/mol. The minimum Gasteiger partial charge on any atom is -0.349 e. The first-order valence-electron chi connectivity index (χ1n) is 4.74. The van der Waals surface area contributed by atoms with Gasteiger partial charge in [0.15, 0.2) is 0 Å². The van der Waals surface area contributed by atoms with E-state index < -0.39 is 0 Å². The van der Waals surface area contributed by atoms with Gasteiger partial charge in [-0.1, -0.05) is 53.9 Å². The maximum Gasteiger partial charge on any atom is 0.107 e. The molecule has 0 spiro atoms. The first kappa shape index (κ1) is 12.3. The van der Waals surface area contributed by atoms with E-state index in [4.69, 9.17) is 0 Å². The summed E-state index contributed by atoms with van der Waals surface area (Å²) < 4.78 is 2.16. The molecule has 1 aromatic carbocycles. The van der Waals surface area contributed by atoms with E-state index in [0.29, 0.717) is 0 Å². The van der Waals surface area contributed by atoms with Crippen LogP contribution in [0.4, 0.5) is 0 Å². The van der Waals surface area contributed by atoms with Crippen molar-refractivity contribution in [3.8, 4) is 0 Å².